The molecule has 7 nitrogen and oxygen atoms in total. The summed E-state index contributed by atoms with van der Waals surface area (Å²) in [5.41, 5.74) is 3.46. The number of carbonyl (C=O) groups excluding carboxylic acids is 1. The van der Waals surface area contributed by atoms with Gasteiger partial charge in [0.15, 0.2) is 5.13 Å². The number of amides is 1. The highest BCUT2D eigenvalue weighted by Crippen LogP contribution is 2.30. The Morgan fingerprint density at radius 1 is 1.26 bits per heavy atom. The highest BCUT2D eigenvalue weighted by atomic mass is 32.2. The van der Waals surface area contributed by atoms with Crippen molar-refractivity contribution >= 4 is 42.6 Å². The van der Waals surface area contributed by atoms with Crippen molar-refractivity contribution in [1.82, 2.24) is 9.29 Å². The lowest BCUT2D eigenvalue weighted by Crippen LogP contribution is -2.34. The highest BCUT2D eigenvalue weighted by molar-refractivity contribution is 7.89. The lowest BCUT2D eigenvalue weighted by molar-refractivity contribution is 0.0979. The molecule has 1 aliphatic heterocycles. The number of nitrogens with one attached hydrogen (secondary N) is 1. The fourth-order valence-electron chi connectivity index (χ4n) is 3.73. The second-order valence-electron chi connectivity index (χ2n) is 7.85. The van der Waals surface area contributed by atoms with Gasteiger partial charge in [-0.05, 0) is 68.1 Å². The Balaban J connectivity index is 1.47. The zero-order valence-corrected chi connectivity index (χ0v) is 19.3. The second-order valence-corrected chi connectivity index (χ2v) is 10.9. The largest absolute Gasteiger partial charge is 0.377 e. The van der Waals surface area contributed by atoms with E-state index in [1.807, 2.05) is 19.9 Å². The summed E-state index contributed by atoms with van der Waals surface area (Å²) < 4.78 is 33.5. The van der Waals surface area contributed by atoms with Crippen LogP contribution >= 0.6 is 11.3 Å². The number of nitrogens with zero attached hydrogens (tertiary/aromatic N) is 2. The van der Waals surface area contributed by atoms with Crippen LogP contribution in [0.1, 0.15) is 34.3 Å². The van der Waals surface area contributed by atoms with E-state index in [9.17, 15) is 13.2 Å². The van der Waals surface area contributed by atoms with Gasteiger partial charge in [-0.3, -0.25) is 10.1 Å². The van der Waals surface area contributed by atoms with E-state index in [0.717, 1.165) is 34.2 Å². The predicted octanol–water partition coefficient (Wildman–Crippen LogP) is 3.96. The molecule has 2 aromatic carbocycles. The number of rotatable bonds is 6. The van der Waals surface area contributed by atoms with Crippen molar-refractivity contribution in [2.24, 2.45) is 0 Å². The predicted molar refractivity (Wildman–Crippen MR) is 122 cm³/mol. The van der Waals surface area contributed by atoms with Gasteiger partial charge >= 0.3 is 0 Å². The minimum atomic E-state index is -3.64. The summed E-state index contributed by atoms with van der Waals surface area (Å²) in [7, 11) is -2.09. The smallest absolute Gasteiger partial charge is 0.257 e. The van der Waals surface area contributed by atoms with Gasteiger partial charge in [0.25, 0.3) is 5.91 Å². The second kappa shape index (κ2) is 8.66. The Morgan fingerprint density at radius 2 is 2.00 bits per heavy atom. The van der Waals surface area contributed by atoms with Crippen molar-refractivity contribution in [3.63, 3.8) is 0 Å². The van der Waals surface area contributed by atoms with E-state index in [0.29, 0.717) is 23.8 Å². The highest BCUT2D eigenvalue weighted by Gasteiger charge is 2.26. The number of sulfonamides is 1. The van der Waals surface area contributed by atoms with Crippen LogP contribution in [0.5, 0.6) is 0 Å². The van der Waals surface area contributed by atoms with Crippen LogP contribution in [0.15, 0.2) is 41.3 Å². The molecular formula is C22H25N3O4S2. The zero-order valence-electron chi connectivity index (χ0n) is 17.7. The topological polar surface area (TPSA) is 88.6 Å². The maximum absolute atomic E-state index is 12.8. The molecule has 1 fully saturated rings. The van der Waals surface area contributed by atoms with E-state index in [4.69, 9.17) is 4.74 Å². The van der Waals surface area contributed by atoms with Gasteiger partial charge in [0.05, 0.1) is 21.2 Å². The summed E-state index contributed by atoms with van der Waals surface area (Å²) in [6, 6.07) is 10.0. The van der Waals surface area contributed by atoms with Crippen LogP contribution in [0.2, 0.25) is 0 Å². The molecule has 0 bridgehead atoms. The lowest BCUT2D eigenvalue weighted by atomic mass is 10.1. The van der Waals surface area contributed by atoms with Gasteiger partial charge in [-0.1, -0.05) is 17.4 Å². The molecule has 1 amide bonds. The lowest BCUT2D eigenvalue weighted by Gasteiger charge is -2.20. The molecular weight excluding hydrogens is 434 g/mol. The molecule has 31 heavy (non-hydrogen) atoms. The van der Waals surface area contributed by atoms with Gasteiger partial charge in [-0.2, -0.15) is 4.31 Å². The number of aryl methyl sites for hydroxylation is 2. The van der Waals surface area contributed by atoms with Gasteiger partial charge in [-0.15, -0.1) is 0 Å². The first-order valence-electron chi connectivity index (χ1n) is 10.1. The van der Waals surface area contributed by atoms with Crippen LogP contribution in [-0.4, -0.2) is 49.9 Å². The number of ether oxygens (including phenoxy) is 1. The van der Waals surface area contributed by atoms with E-state index in [2.05, 4.69) is 16.4 Å². The molecule has 2 heterocycles. The monoisotopic (exact) mass is 459 g/mol. The fraction of sp³-hybridized carbons (Fsp3) is 0.364. The summed E-state index contributed by atoms with van der Waals surface area (Å²) in [4.78, 5) is 17.3. The van der Waals surface area contributed by atoms with Crippen molar-refractivity contribution in [2.75, 3.05) is 25.5 Å². The molecule has 0 unspecified atom stereocenters. The maximum atomic E-state index is 12.8. The zero-order chi connectivity index (χ0) is 22.2. The number of hydrogen-bond donors (Lipinski definition) is 1. The third-order valence-electron chi connectivity index (χ3n) is 5.35. The molecule has 1 atom stereocenters. The van der Waals surface area contributed by atoms with Gasteiger partial charge < -0.3 is 4.74 Å². The SMILES string of the molecule is Cc1cc(C)c2sc(NC(=O)c3ccc(S(=O)(=O)N(C)C[C@@H]4CCCO4)cc3)nc2c1. The molecule has 4 rings (SSSR count). The molecule has 0 aliphatic carbocycles. The van der Waals surface area contributed by atoms with Crippen LogP contribution in [0, 0.1) is 13.8 Å². The van der Waals surface area contributed by atoms with Crippen molar-refractivity contribution in [1.29, 1.82) is 0 Å². The Labute approximate surface area is 186 Å². The minimum Gasteiger partial charge on any atom is -0.377 e. The molecule has 1 N–H and O–H groups in total. The van der Waals surface area contributed by atoms with Crippen molar-refractivity contribution < 1.29 is 17.9 Å². The summed E-state index contributed by atoms with van der Waals surface area (Å²) in [5, 5.41) is 3.33. The number of fused-ring (bicyclic) bond motifs is 1. The maximum Gasteiger partial charge on any atom is 0.257 e. The third kappa shape index (κ3) is 4.64. The molecule has 164 valence electrons. The van der Waals surface area contributed by atoms with Crippen LogP contribution in [0.4, 0.5) is 5.13 Å². The number of anilines is 1. The van der Waals surface area contributed by atoms with Crippen molar-refractivity contribution in [2.45, 2.75) is 37.7 Å². The standard InChI is InChI=1S/C22H25N3O4S2/c1-14-11-15(2)20-19(12-14)23-22(30-20)24-21(26)16-6-8-18(9-7-16)31(27,28)25(3)13-17-5-4-10-29-17/h6-9,11-12,17H,4-5,10,13H2,1-3H3,(H,23,24,26)/t17-/m0/s1. The first-order valence-corrected chi connectivity index (χ1v) is 12.4. The fourth-order valence-corrected chi connectivity index (χ4v) is 5.84. The third-order valence-corrected chi connectivity index (χ3v) is 8.31. The average Bonchev–Trinajstić information content (AvgIpc) is 3.37. The Bertz CT molecular complexity index is 1210. The van der Waals surface area contributed by atoms with Crippen molar-refractivity contribution in [3.05, 3.63) is 53.1 Å². The number of likely N-dealkylation sites (N-methyl/N-ethyl adjacent to an activating group) is 1. The van der Waals surface area contributed by atoms with E-state index >= 15 is 0 Å². The number of carbonyl (C=O) groups is 1. The van der Waals surface area contributed by atoms with Crippen molar-refractivity contribution in [3.8, 4) is 0 Å². The molecule has 1 saturated heterocycles. The van der Waals surface area contributed by atoms with Gasteiger partial charge in [0.1, 0.15) is 0 Å². The Morgan fingerprint density at radius 3 is 2.68 bits per heavy atom. The number of hydrogen-bond acceptors (Lipinski definition) is 6. The molecule has 1 aliphatic rings. The quantitative estimate of drug-likeness (QED) is 0.603. The summed E-state index contributed by atoms with van der Waals surface area (Å²) >= 11 is 1.42. The van der Waals surface area contributed by atoms with Gasteiger partial charge in [0.2, 0.25) is 10.0 Å². The summed E-state index contributed by atoms with van der Waals surface area (Å²) in [5.74, 6) is -0.329. The first-order chi connectivity index (χ1) is 14.7. The molecule has 0 spiro atoms. The molecule has 1 aromatic heterocycles. The van der Waals surface area contributed by atoms with Gasteiger partial charge in [-0.25, -0.2) is 13.4 Å². The van der Waals surface area contributed by atoms with Crippen LogP contribution in [0.25, 0.3) is 10.2 Å². The van der Waals surface area contributed by atoms with Crippen LogP contribution in [0.3, 0.4) is 0 Å². The molecule has 3 aromatic rings. The first kappa shape index (κ1) is 21.9. The number of aromatic nitrogens is 1. The van der Waals surface area contributed by atoms with E-state index in [-0.39, 0.29) is 16.9 Å². The Kier molecular flexibility index (Phi) is 6.11. The van der Waals surface area contributed by atoms with Gasteiger partial charge in [0, 0.05) is 25.8 Å². The Hall–Kier alpha value is -2.33. The summed E-state index contributed by atoms with van der Waals surface area (Å²) in [6.07, 6.45) is 1.76. The van der Waals surface area contributed by atoms with Crippen LogP contribution in [-0.2, 0) is 14.8 Å². The normalized spacial score (nSPS) is 16.8. The molecule has 0 radical (unpaired) electrons. The van der Waals surface area contributed by atoms with Crippen LogP contribution < -0.4 is 5.32 Å². The minimum absolute atomic E-state index is 0.0638. The van der Waals surface area contributed by atoms with E-state index < -0.39 is 10.0 Å². The average molecular weight is 460 g/mol. The summed E-state index contributed by atoms with van der Waals surface area (Å²) in [6.45, 7) is 5.03. The van der Waals surface area contributed by atoms with E-state index in [1.165, 1.54) is 39.9 Å². The number of thiazole rings is 1. The number of benzene rings is 2. The molecule has 0 saturated carbocycles. The molecule has 9 heteroatoms. The van der Waals surface area contributed by atoms with E-state index in [1.54, 1.807) is 7.05 Å².